The van der Waals surface area contributed by atoms with Crippen LogP contribution in [0.25, 0.3) is 0 Å². The van der Waals surface area contributed by atoms with Gasteiger partial charge in [-0.2, -0.15) is 0 Å². The zero-order valence-electron chi connectivity index (χ0n) is 10.8. The Labute approximate surface area is 97.6 Å². The summed E-state index contributed by atoms with van der Waals surface area (Å²) in [4.78, 5) is 24.6. The van der Waals surface area contributed by atoms with Gasteiger partial charge in [0.2, 0.25) is 11.8 Å². The van der Waals surface area contributed by atoms with Gasteiger partial charge in [0.25, 0.3) is 0 Å². The molecule has 0 spiro atoms. The van der Waals surface area contributed by atoms with Crippen LogP contribution in [0.1, 0.15) is 27.7 Å². The molecule has 0 fully saturated rings. The van der Waals surface area contributed by atoms with Gasteiger partial charge in [0.1, 0.15) is 0 Å². The van der Waals surface area contributed by atoms with Gasteiger partial charge >= 0.3 is 0 Å². The van der Waals surface area contributed by atoms with Crippen LogP contribution in [-0.2, 0) is 9.59 Å². The van der Waals surface area contributed by atoms with E-state index >= 15 is 0 Å². The number of nitrogens with zero attached hydrogens (tertiary/aromatic N) is 1. The first-order valence-electron chi connectivity index (χ1n) is 5.66. The van der Waals surface area contributed by atoms with Crippen molar-refractivity contribution in [3.63, 3.8) is 0 Å². The Morgan fingerprint density at radius 2 is 1.81 bits per heavy atom. The van der Waals surface area contributed by atoms with E-state index in [0.717, 1.165) is 0 Å². The summed E-state index contributed by atoms with van der Waals surface area (Å²) in [6.07, 6.45) is 0. The maximum atomic E-state index is 11.6. The van der Waals surface area contributed by atoms with Crippen molar-refractivity contribution in [2.75, 3.05) is 20.1 Å². The maximum absolute atomic E-state index is 11.6. The molecule has 2 amide bonds. The largest absolute Gasteiger partial charge is 0.355 e. The first kappa shape index (κ1) is 14.9. The second-order valence-corrected chi connectivity index (χ2v) is 4.10. The summed E-state index contributed by atoms with van der Waals surface area (Å²) in [6.45, 7) is 8.30. The predicted octanol–water partition coefficient (Wildman–Crippen LogP) is -0.0326. The molecule has 0 aromatic carbocycles. The molecule has 94 valence electrons. The molecule has 0 heterocycles. The average molecular weight is 229 g/mol. The summed E-state index contributed by atoms with van der Waals surface area (Å²) >= 11 is 0. The molecule has 0 aliphatic rings. The van der Waals surface area contributed by atoms with E-state index in [9.17, 15) is 9.59 Å². The zero-order chi connectivity index (χ0) is 12.7. The van der Waals surface area contributed by atoms with Crippen LogP contribution in [0.3, 0.4) is 0 Å². The topological polar surface area (TPSA) is 61.4 Å². The Morgan fingerprint density at radius 1 is 1.25 bits per heavy atom. The molecule has 2 N–H and O–H groups in total. The second kappa shape index (κ2) is 7.22. The number of likely N-dealkylation sites (N-methyl/N-ethyl adjacent to an activating group) is 2. The van der Waals surface area contributed by atoms with E-state index in [1.807, 2.05) is 20.8 Å². The van der Waals surface area contributed by atoms with E-state index < -0.39 is 0 Å². The van der Waals surface area contributed by atoms with Crippen molar-refractivity contribution in [2.24, 2.45) is 0 Å². The molecule has 1 atom stereocenters. The van der Waals surface area contributed by atoms with Crippen LogP contribution in [0, 0.1) is 0 Å². The number of hydrogen-bond acceptors (Lipinski definition) is 3. The van der Waals surface area contributed by atoms with Crippen LogP contribution >= 0.6 is 0 Å². The van der Waals surface area contributed by atoms with E-state index in [0.29, 0.717) is 6.54 Å². The lowest BCUT2D eigenvalue weighted by molar-refractivity contribution is -0.130. The average Bonchev–Trinajstić information content (AvgIpc) is 2.24. The number of nitrogens with one attached hydrogen (secondary N) is 2. The normalized spacial score (nSPS) is 12.4. The van der Waals surface area contributed by atoms with Crippen molar-refractivity contribution in [1.29, 1.82) is 0 Å². The molecule has 0 radical (unpaired) electrons. The van der Waals surface area contributed by atoms with Crippen LogP contribution in [0.15, 0.2) is 0 Å². The summed E-state index contributed by atoms with van der Waals surface area (Å²) in [7, 11) is 1.76. The molecule has 0 saturated heterocycles. The number of amides is 2. The SMILES string of the molecule is CCNC(=O)C(C)NCC(=O)N(C)C(C)C. The van der Waals surface area contributed by atoms with Crippen molar-refractivity contribution in [1.82, 2.24) is 15.5 Å². The van der Waals surface area contributed by atoms with Gasteiger partial charge in [-0.15, -0.1) is 0 Å². The third-order valence-electron chi connectivity index (χ3n) is 2.47. The molecule has 0 saturated carbocycles. The summed E-state index contributed by atoms with van der Waals surface area (Å²) in [5.74, 6) is -0.0892. The number of hydrogen-bond donors (Lipinski definition) is 2. The van der Waals surface area contributed by atoms with Gasteiger partial charge in [0, 0.05) is 19.6 Å². The molecule has 0 aromatic heterocycles. The molecule has 5 nitrogen and oxygen atoms in total. The lowest BCUT2D eigenvalue weighted by Crippen LogP contribution is -2.47. The minimum atomic E-state index is -0.343. The van der Waals surface area contributed by atoms with Crippen molar-refractivity contribution in [2.45, 2.75) is 39.8 Å². The first-order valence-corrected chi connectivity index (χ1v) is 5.66. The molecule has 16 heavy (non-hydrogen) atoms. The molecule has 0 rings (SSSR count). The standard InChI is InChI=1S/C11H23N3O2/c1-6-12-11(16)9(4)13-7-10(15)14(5)8(2)3/h8-9,13H,6-7H2,1-5H3,(H,12,16). The van der Waals surface area contributed by atoms with Crippen molar-refractivity contribution < 1.29 is 9.59 Å². The Bertz CT molecular complexity index is 241. The fourth-order valence-electron chi connectivity index (χ4n) is 1.07. The van der Waals surface area contributed by atoms with Gasteiger partial charge in [0.15, 0.2) is 0 Å². The van der Waals surface area contributed by atoms with Gasteiger partial charge in [0.05, 0.1) is 12.6 Å². The Morgan fingerprint density at radius 3 is 2.25 bits per heavy atom. The molecular formula is C11H23N3O2. The Hall–Kier alpha value is -1.10. The van der Waals surface area contributed by atoms with E-state index in [1.54, 1.807) is 18.9 Å². The van der Waals surface area contributed by atoms with Crippen LogP contribution in [0.5, 0.6) is 0 Å². The first-order chi connectivity index (χ1) is 7.40. The summed E-state index contributed by atoms with van der Waals surface area (Å²) in [5, 5.41) is 5.59. The van der Waals surface area contributed by atoms with Gasteiger partial charge in [-0.1, -0.05) is 0 Å². The van der Waals surface area contributed by atoms with Crippen LogP contribution < -0.4 is 10.6 Å². The summed E-state index contributed by atoms with van der Waals surface area (Å²) in [5.41, 5.74) is 0. The zero-order valence-corrected chi connectivity index (χ0v) is 10.8. The highest BCUT2D eigenvalue weighted by molar-refractivity contribution is 5.83. The fourth-order valence-corrected chi connectivity index (χ4v) is 1.07. The lowest BCUT2D eigenvalue weighted by atomic mass is 10.3. The van der Waals surface area contributed by atoms with Gasteiger partial charge < -0.3 is 10.2 Å². The highest BCUT2D eigenvalue weighted by atomic mass is 16.2. The Balaban J connectivity index is 3.96. The van der Waals surface area contributed by atoms with Gasteiger partial charge in [-0.3, -0.25) is 14.9 Å². The molecule has 0 aromatic rings. The van der Waals surface area contributed by atoms with E-state index in [2.05, 4.69) is 10.6 Å². The fraction of sp³-hybridized carbons (Fsp3) is 0.818. The highest BCUT2D eigenvalue weighted by Gasteiger charge is 2.15. The van der Waals surface area contributed by atoms with Crippen LogP contribution in [0.4, 0.5) is 0 Å². The number of carbonyl (C=O) groups excluding carboxylic acids is 2. The lowest BCUT2D eigenvalue weighted by Gasteiger charge is -2.22. The van der Waals surface area contributed by atoms with Gasteiger partial charge in [-0.05, 0) is 27.7 Å². The summed E-state index contributed by atoms with van der Waals surface area (Å²) in [6, 6.07) is -0.168. The minimum absolute atomic E-state index is 0.00820. The monoisotopic (exact) mass is 229 g/mol. The van der Waals surface area contributed by atoms with E-state index in [1.165, 1.54) is 0 Å². The van der Waals surface area contributed by atoms with Crippen LogP contribution in [0.2, 0.25) is 0 Å². The minimum Gasteiger partial charge on any atom is -0.355 e. The molecule has 0 aliphatic heterocycles. The molecule has 0 bridgehead atoms. The predicted molar refractivity (Wildman–Crippen MR) is 64.1 cm³/mol. The smallest absolute Gasteiger partial charge is 0.236 e. The van der Waals surface area contributed by atoms with Crippen molar-refractivity contribution in [3.8, 4) is 0 Å². The van der Waals surface area contributed by atoms with E-state index in [4.69, 9.17) is 0 Å². The quantitative estimate of drug-likeness (QED) is 0.672. The molecule has 0 aliphatic carbocycles. The Kier molecular flexibility index (Phi) is 6.72. The highest BCUT2D eigenvalue weighted by Crippen LogP contribution is 1.93. The van der Waals surface area contributed by atoms with Crippen LogP contribution in [-0.4, -0.2) is 48.9 Å². The number of rotatable bonds is 6. The molecule has 5 heteroatoms. The third-order valence-corrected chi connectivity index (χ3v) is 2.47. The van der Waals surface area contributed by atoms with Crippen molar-refractivity contribution in [3.05, 3.63) is 0 Å². The van der Waals surface area contributed by atoms with Crippen molar-refractivity contribution >= 4 is 11.8 Å². The second-order valence-electron chi connectivity index (χ2n) is 4.10. The van der Waals surface area contributed by atoms with E-state index in [-0.39, 0.29) is 30.4 Å². The molecule has 1 unspecified atom stereocenters. The third kappa shape index (κ3) is 5.11. The summed E-state index contributed by atoms with van der Waals surface area (Å²) < 4.78 is 0. The maximum Gasteiger partial charge on any atom is 0.236 e. The molecular weight excluding hydrogens is 206 g/mol. The number of carbonyl (C=O) groups is 2. The van der Waals surface area contributed by atoms with Gasteiger partial charge in [-0.25, -0.2) is 0 Å².